The van der Waals surface area contributed by atoms with E-state index < -0.39 is 11.0 Å². The molecule has 2 aromatic carbocycles. The summed E-state index contributed by atoms with van der Waals surface area (Å²) < 4.78 is 0.867. The molecule has 1 atom stereocenters. The first-order chi connectivity index (χ1) is 14.3. The molecule has 0 aliphatic heterocycles. The highest BCUT2D eigenvalue weighted by Gasteiger charge is 2.27. The average molecular weight is 476 g/mol. The van der Waals surface area contributed by atoms with Crippen molar-refractivity contribution in [3.63, 3.8) is 0 Å². The Labute approximate surface area is 184 Å². The zero-order valence-corrected chi connectivity index (χ0v) is 18.7. The molecule has 7 nitrogen and oxygen atoms in total. The molecule has 2 aromatic rings. The lowest BCUT2D eigenvalue weighted by Crippen LogP contribution is -2.48. The van der Waals surface area contributed by atoms with Crippen LogP contribution in [0, 0.1) is 10.1 Å². The van der Waals surface area contributed by atoms with Gasteiger partial charge in [0.2, 0.25) is 11.8 Å². The second kappa shape index (κ2) is 11.4. The van der Waals surface area contributed by atoms with Crippen molar-refractivity contribution in [1.29, 1.82) is 0 Å². The maximum absolute atomic E-state index is 13.2. The molecule has 30 heavy (non-hydrogen) atoms. The fourth-order valence-corrected chi connectivity index (χ4v) is 3.50. The Morgan fingerprint density at radius 3 is 2.60 bits per heavy atom. The van der Waals surface area contributed by atoms with E-state index in [0.717, 1.165) is 22.9 Å². The lowest BCUT2D eigenvalue weighted by Gasteiger charge is -2.29. The van der Waals surface area contributed by atoms with E-state index in [4.69, 9.17) is 0 Å². The van der Waals surface area contributed by atoms with E-state index >= 15 is 0 Å². The van der Waals surface area contributed by atoms with Gasteiger partial charge in [-0.15, -0.1) is 0 Å². The van der Waals surface area contributed by atoms with E-state index in [-0.39, 0.29) is 30.5 Å². The van der Waals surface area contributed by atoms with Gasteiger partial charge < -0.3 is 10.2 Å². The Balaban J connectivity index is 2.26. The van der Waals surface area contributed by atoms with Crippen LogP contribution in [0.1, 0.15) is 37.8 Å². The van der Waals surface area contributed by atoms with E-state index in [2.05, 4.69) is 21.2 Å². The normalized spacial score (nSPS) is 11.6. The smallest absolute Gasteiger partial charge is 0.273 e. The Hall–Kier alpha value is -2.74. The van der Waals surface area contributed by atoms with E-state index in [0.29, 0.717) is 12.1 Å². The molecule has 0 saturated carbocycles. The highest BCUT2D eigenvalue weighted by atomic mass is 79.9. The molecule has 1 N–H and O–H groups in total. The SMILES string of the molecule is CCCCNC(=O)[C@@H](C)N(Cc1cccc(Br)c1)C(=O)Cc1ccccc1[N+](=O)[O-]. The molecule has 8 heteroatoms. The van der Waals surface area contributed by atoms with Gasteiger partial charge in [0.15, 0.2) is 0 Å². The van der Waals surface area contributed by atoms with Gasteiger partial charge in [0.25, 0.3) is 5.69 Å². The number of nitrogens with one attached hydrogen (secondary N) is 1. The van der Waals surface area contributed by atoms with Crippen molar-refractivity contribution in [2.45, 2.75) is 45.7 Å². The van der Waals surface area contributed by atoms with Crippen LogP contribution in [0.15, 0.2) is 53.0 Å². The number of amides is 2. The minimum atomic E-state index is -0.712. The van der Waals surface area contributed by atoms with Crippen molar-refractivity contribution >= 4 is 33.4 Å². The number of unbranched alkanes of at least 4 members (excludes halogenated alkanes) is 1. The van der Waals surface area contributed by atoms with Crippen molar-refractivity contribution in [3.8, 4) is 0 Å². The maximum atomic E-state index is 13.2. The van der Waals surface area contributed by atoms with Crippen LogP contribution in [0.5, 0.6) is 0 Å². The summed E-state index contributed by atoms with van der Waals surface area (Å²) in [5.41, 5.74) is 1.08. The summed E-state index contributed by atoms with van der Waals surface area (Å²) in [5, 5.41) is 14.2. The van der Waals surface area contributed by atoms with Gasteiger partial charge in [0.05, 0.1) is 11.3 Å². The summed E-state index contributed by atoms with van der Waals surface area (Å²) in [6.45, 7) is 4.48. The molecule has 0 spiro atoms. The molecule has 2 rings (SSSR count). The summed E-state index contributed by atoms with van der Waals surface area (Å²) in [6, 6.07) is 13.0. The first-order valence-corrected chi connectivity index (χ1v) is 10.7. The summed E-state index contributed by atoms with van der Waals surface area (Å²) >= 11 is 3.42. The van der Waals surface area contributed by atoms with E-state index in [1.54, 1.807) is 25.1 Å². The van der Waals surface area contributed by atoms with E-state index in [1.165, 1.54) is 11.0 Å². The first kappa shape index (κ1) is 23.5. The highest BCUT2D eigenvalue weighted by molar-refractivity contribution is 9.10. The second-order valence-electron chi connectivity index (χ2n) is 7.03. The number of nitrogens with zero attached hydrogens (tertiary/aromatic N) is 2. The number of carbonyl (C=O) groups excluding carboxylic acids is 2. The number of benzene rings is 2. The third kappa shape index (κ3) is 6.66. The summed E-state index contributed by atoms with van der Waals surface area (Å²) in [6.07, 6.45) is 1.65. The van der Waals surface area contributed by atoms with Crippen molar-refractivity contribution in [1.82, 2.24) is 10.2 Å². The number of hydrogen-bond donors (Lipinski definition) is 1. The lowest BCUT2D eigenvalue weighted by atomic mass is 10.1. The number of carbonyl (C=O) groups is 2. The molecule has 0 heterocycles. The predicted octanol–water partition coefficient (Wildman–Crippen LogP) is 4.23. The van der Waals surface area contributed by atoms with Crippen molar-refractivity contribution in [2.75, 3.05) is 6.54 Å². The Morgan fingerprint density at radius 1 is 1.20 bits per heavy atom. The number of rotatable bonds is 10. The standard InChI is InChI=1S/C22H26BrN3O4/c1-3-4-12-24-22(28)16(2)25(15-17-8-7-10-19(23)13-17)21(27)14-18-9-5-6-11-20(18)26(29)30/h5-11,13,16H,3-4,12,14-15H2,1-2H3,(H,24,28)/t16-/m1/s1. The van der Waals surface area contributed by atoms with E-state index in [9.17, 15) is 19.7 Å². The van der Waals surface area contributed by atoms with Gasteiger partial charge in [-0.3, -0.25) is 19.7 Å². The molecule has 0 bridgehead atoms. The molecule has 0 fully saturated rings. The number of nitro groups is 1. The minimum Gasteiger partial charge on any atom is -0.354 e. The third-order valence-electron chi connectivity index (χ3n) is 4.77. The lowest BCUT2D eigenvalue weighted by molar-refractivity contribution is -0.385. The van der Waals surface area contributed by atoms with Crippen LogP contribution < -0.4 is 5.32 Å². The van der Waals surface area contributed by atoms with Crippen LogP contribution in [0.3, 0.4) is 0 Å². The van der Waals surface area contributed by atoms with Crippen molar-refractivity contribution in [2.24, 2.45) is 0 Å². The topological polar surface area (TPSA) is 92.6 Å². The van der Waals surface area contributed by atoms with Gasteiger partial charge in [-0.2, -0.15) is 0 Å². The summed E-state index contributed by atoms with van der Waals surface area (Å²) in [7, 11) is 0. The molecule has 0 unspecified atom stereocenters. The third-order valence-corrected chi connectivity index (χ3v) is 5.26. The van der Waals surface area contributed by atoms with Crippen LogP contribution >= 0.6 is 15.9 Å². The van der Waals surface area contributed by atoms with Crippen LogP contribution in [-0.2, 0) is 22.6 Å². The monoisotopic (exact) mass is 475 g/mol. The highest BCUT2D eigenvalue weighted by Crippen LogP contribution is 2.21. The number of hydrogen-bond acceptors (Lipinski definition) is 4. The van der Waals surface area contributed by atoms with Gasteiger partial charge in [0.1, 0.15) is 6.04 Å². The van der Waals surface area contributed by atoms with Gasteiger partial charge in [-0.05, 0) is 31.0 Å². The fourth-order valence-electron chi connectivity index (χ4n) is 3.05. The largest absolute Gasteiger partial charge is 0.354 e. The molecular formula is C22H26BrN3O4. The molecule has 0 aromatic heterocycles. The molecule has 0 saturated heterocycles. The molecule has 2 amide bonds. The quantitative estimate of drug-likeness (QED) is 0.316. The van der Waals surface area contributed by atoms with Crippen LogP contribution in [-0.4, -0.2) is 34.2 Å². The van der Waals surface area contributed by atoms with Gasteiger partial charge in [-0.1, -0.05) is 59.6 Å². The molecule has 0 aliphatic rings. The number of para-hydroxylation sites is 1. The molecule has 160 valence electrons. The van der Waals surface area contributed by atoms with Crippen LogP contribution in [0.2, 0.25) is 0 Å². The minimum absolute atomic E-state index is 0.103. The number of nitro benzene ring substituents is 1. The zero-order chi connectivity index (χ0) is 22.1. The Kier molecular flexibility index (Phi) is 8.98. The fraction of sp³-hybridized carbons (Fsp3) is 0.364. The summed E-state index contributed by atoms with van der Waals surface area (Å²) in [4.78, 5) is 38.1. The number of halogens is 1. The molecule has 0 aliphatic carbocycles. The van der Waals surface area contributed by atoms with Gasteiger partial charge in [-0.25, -0.2) is 0 Å². The van der Waals surface area contributed by atoms with Gasteiger partial charge in [0, 0.05) is 29.2 Å². The average Bonchev–Trinajstić information content (AvgIpc) is 2.71. The van der Waals surface area contributed by atoms with E-state index in [1.807, 2.05) is 31.2 Å². The Bertz CT molecular complexity index is 903. The van der Waals surface area contributed by atoms with Crippen LogP contribution in [0.25, 0.3) is 0 Å². The first-order valence-electron chi connectivity index (χ1n) is 9.87. The molecule has 0 radical (unpaired) electrons. The second-order valence-corrected chi connectivity index (χ2v) is 7.95. The van der Waals surface area contributed by atoms with Gasteiger partial charge >= 0.3 is 0 Å². The molecular weight excluding hydrogens is 450 g/mol. The zero-order valence-electron chi connectivity index (χ0n) is 17.1. The Morgan fingerprint density at radius 2 is 1.93 bits per heavy atom. The predicted molar refractivity (Wildman–Crippen MR) is 119 cm³/mol. The maximum Gasteiger partial charge on any atom is 0.273 e. The summed E-state index contributed by atoms with van der Waals surface area (Å²) in [5.74, 6) is -0.586. The van der Waals surface area contributed by atoms with Crippen molar-refractivity contribution < 1.29 is 14.5 Å². The van der Waals surface area contributed by atoms with Crippen molar-refractivity contribution in [3.05, 3.63) is 74.2 Å². The van der Waals surface area contributed by atoms with Crippen LogP contribution in [0.4, 0.5) is 5.69 Å².